The fraction of sp³-hybridized carbons (Fsp3) is 0.238. The lowest BCUT2D eigenvalue weighted by molar-refractivity contribution is 0.102. The van der Waals surface area contributed by atoms with Crippen LogP contribution in [0.1, 0.15) is 29.1 Å². The second kappa shape index (κ2) is 9.48. The van der Waals surface area contributed by atoms with Gasteiger partial charge in [0.1, 0.15) is 5.76 Å². The van der Waals surface area contributed by atoms with Gasteiger partial charge in [0.2, 0.25) is 5.95 Å². The summed E-state index contributed by atoms with van der Waals surface area (Å²) >= 11 is 6.15. The number of anilines is 3. The molecule has 3 aromatic rings. The molecule has 2 aromatic heterocycles. The van der Waals surface area contributed by atoms with Crippen LogP contribution in [0.25, 0.3) is 0 Å². The zero-order valence-corrected chi connectivity index (χ0v) is 17.4. The van der Waals surface area contributed by atoms with Crippen molar-refractivity contribution in [2.24, 2.45) is 0 Å². The van der Waals surface area contributed by atoms with Crippen LogP contribution in [-0.2, 0) is 6.54 Å². The molecule has 160 valence electrons. The molecule has 0 spiro atoms. The molecule has 1 aliphatic rings. The number of amides is 3. The number of furan rings is 1. The van der Waals surface area contributed by atoms with Gasteiger partial charge in [0.05, 0.1) is 24.0 Å². The molecule has 10 heteroatoms. The first-order valence-corrected chi connectivity index (χ1v) is 10.2. The summed E-state index contributed by atoms with van der Waals surface area (Å²) in [6, 6.07) is 9.88. The molecule has 1 fully saturated rings. The molecular weight excluding hydrogens is 420 g/mol. The molecular formula is C21H21ClN6O3. The van der Waals surface area contributed by atoms with Crippen LogP contribution in [0.15, 0.2) is 53.3 Å². The number of nitrogens with one attached hydrogen (secondary N) is 3. The third-order valence-corrected chi connectivity index (χ3v) is 5.02. The number of nitrogens with zero attached hydrogens (tertiary/aromatic N) is 3. The van der Waals surface area contributed by atoms with Crippen LogP contribution in [0.5, 0.6) is 0 Å². The molecule has 0 bridgehead atoms. The maximum absolute atomic E-state index is 12.7. The third-order valence-electron chi connectivity index (χ3n) is 4.74. The maximum atomic E-state index is 12.7. The molecule has 31 heavy (non-hydrogen) atoms. The normalized spacial score (nSPS) is 13.1. The quantitative estimate of drug-likeness (QED) is 0.536. The topological polar surface area (TPSA) is 112 Å². The van der Waals surface area contributed by atoms with E-state index in [1.165, 1.54) is 6.20 Å². The number of carbonyl (C=O) groups is 2. The van der Waals surface area contributed by atoms with Crippen LogP contribution < -0.4 is 20.9 Å². The average Bonchev–Trinajstić information content (AvgIpc) is 3.48. The molecule has 0 saturated carbocycles. The predicted molar refractivity (Wildman–Crippen MR) is 117 cm³/mol. The number of urea groups is 1. The zero-order valence-electron chi connectivity index (χ0n) is 16.6. The van der Waals surface area contributed by atoms with Crippen LogP contribution in [0.2, 0.25) is 5.02 Å². The highest BCUT2D eigenvalue weighted by molar-refractivity contribution is 6.34. The average molecular weight is 441 g/mol. The van der Waals surface area contributed by atoms with Crippen molar-refractivity contribution in [3.63, 3.8) is 0 Å². The number of aromatic nitrogens is 2. The highest BCUT2D eigenvalue weighted by Crippen LogP contribution is 2.21. The summed E-state index contributed by atoms with van der Waals surface area (Å²) in [4.78, 5) is 35.2. The largest absolute Gasteiger partial charge is 0.467 e. The van der Waals surface area contributed by atoms with Gasteiger partial charge < -0.3 is 25.3 Å². The summed E-state index contributed by atoms with van der Waals surface area (Å²) in [5.41, 5.74) is 1.24. The number of halogens is 1. The lowest BCUT2D eigenvalue weighted by Gasteiger charge is -2.16. The molecule has 3 amide bonds. The monoisotopic (exact) mass is 440 g/mol. The minimum absolute atomic E-state index is 0.123. The summed E-state index contributed by atoms with van der Waals surface area (Å²) < 4.78 is 5.16. The minimum Gasteiger partial charge on any atom is -0.467 e. The molecule has 1 aromatic carbocycles. The van der Waals surface area contributed by atoms with Gasteiger partial charge in [0.15, 0.2) is 5.69 Å². The van der Waals surface area contributed by atoms with Gasteiger partial charge in [-0.15, -0.1) is 0 Å². The van der Waals surface area contributed by atoms with Gasteiger partial charge in [-0.25, -0.2) is 14.8 Å². The van der Waals surface area contributed by atoms with E-state index in [1.54, 1.807) is 42.7 Å². The van der Waals surface area contributed by atoms with E-state index in [4.69, 9.17) is 16.0 Å². The second-order valence-electron chi connectivity index (χ2n) is 6.98. The summed E-state index contributed by atoms with van der Waals surface area (Å²) in [6.45, 7) is 2.02. The summed E-state index contributed by atoms with van der Waals surface area (Å²) in [5.74, 6) is 0.737. The standard InChI is InChI=1S/C21H21ClN6O3/c22-17-13-23-20(28-9-1-2-10-28)27-18(17)19(29)25-14-5-7-15(8-6-14)26-21(30)24-12-16-4-3-11-31-16/h3-8,11,13H,1-2,9-10,12H2,(H,25,29)(H2,24,26,30). The Morgan fingerprint density at radius 3 is 2.45 bits per heavy atom. The summed E-state index contributed by atoms with van der Waals surface area (Å²) in [5, 5.41) is 8.36. The summed E-state index contributed by atoms with van der Waals surface area (Å²) in [7, 11) is 0. The zero-order chi connectivity index (χ0) is 21.6. The molecule has 9 nitrogen and oxygen atoms in total. The number of benzene rings is 1. The Bertz CT molecular complexity index is 1050. The van der Waals surface area contributed by atoms with Crippen LogP contribution in [0.3, 0.4) is 0 Å². The van der Waals surface area contributed by atoms with Crippen LogP contribution in [0.4, 0.5) is 22.1 Å². The van der Waals surface area contributed by atoms with E-state index >= 15 is 0 Å². The van der Waals surface area contributed by atoms with E-state index in [1.807, 2.05) is 4.90 Å². The number of rotatable bonds is 6. The lowest BCUT2D eigenvalue weighted by Crippen LogP contribution is -2.27. The van der Waals surface area contributed by atoms with E-state index in [0.717, 1.165) is 25.9 Å². The molecule has 1 saturated heterocycles. The Balaban J connectivity index is 1.34. The first kappa shape index (κ1) is 20.7. The van der Waals surface area contributed by atoms with E-state index < -0.39 is 5.91 Å². The molecule has 0 aliphatic carbocycles. The molecule has 0 radical (unpaired) electrons. The second-order valence-corrected chi connectivity index (χ2v) is 7.39. The molecule has 3 heterocycles. The molecule has 0 atom stereocenters. The van der Waals surface area contributed by atoms with E-state index in [2.05, 4.69) is 25.9 Å². The Kier molecular flexibility index (Phi) is 6.32. The molecule has 1 aliphatic heterocycles. The fourth-order valence-corrected chi connectivity index (χ4v) is 3.35. The van der Waals surface area contributed by atoms with Gasteiger partial charge in [-0.2, -0.15) is 0 Å². The van der Waals surface area contributed by atoms with Crippen molar-refractivity contribution in [2.45, 2.75) is 19.4 Å². The van der Waals surface area contributed by atoms with E-state index in [-0.39, 0.29) is 23.3 Å². The summed E-state index contributed by atoms with van der Waals surface area (Å²) in [6.07, 6.45) is 5.15. The smallest absolute Gasteiger partial charge is 0.319 e. The van der Waals surface area contributed by atoms with Crippen molar-refractivity contribution in [3.05, 3.63) is 65.3 Å². The van der Waals surface area contributed by atoms with Gasteiger partial charge in [0, 0.05) is 24.5 Å². The maximum Gasteiger partial charge on any atom is 0.319 e. The van der Waals surface area contributed by atoms with Gasteiger partial charge in [-0.1, -0.05) is 11.6 Å². The highest BCUT2D eigenvalue weighted by atomic mass is 35.5. The van der Waals surface area contributed by atoms with Gasteiger partial charge in [-0.3, -0.25) is 4.79 Å². The minimum atomic E-state index is -0.426. The van der Waals surface area contributed by atoms with Gasteiger partial charge in [-0.05, 0) is 49.2 Å². The lowest BCUT2D eigenvalue weighted by atomic mass is 10.2. The Labute approximate surface area is 183 Å². The first-order chi connectivity index (χ1) is 15.1. The van der Waals surface area contributed by atoms with E-state index in [9.17, 15) is 9.59 Å². The van der Waals surface area contributed by atoms with Crippen LogP contribution >= 0.6 is 11.6 Å². The van der Waals surface area contributed by atoms with Gasteiger partial charge >= 0.3 is 6.03 Å². The van der Waals surface area contributed by atoms with Gasteiger partial charge in [0.25, 0.3) is 5.91 Å². The molecule has 0 unspecified atom stereocenters. The molecule has 4 rings (SSSR count). The van der Waals surface area contributed by atoms with Crippen LogP contribution in [-0.4, -0.2) is 35.0 Å². The highest BCUT2D eigenvalue weighted by Gasteiger charge is 2.19. The van der Waals surface area contributed by atoms with Crippen molar-refractivity contribution in [2.75, 3.05) is 28.6 Å². The Hall–Kier alpha value is -3.59. The number of hydrogen-bond acceptors (Lipinski definition) is 6. The Morgan fingerprint density at radius 2 is 1.77 bits per heavy atom. The first-order valence-electron chi connectivity index (χ1n) is 9.84. The SMILES string of the molecule is O=C(NCc1ccco1)Nc1ccc(NC(=O)c2nc(N3CCCC3)ncc2Cl)cc1. The third kappa shape index (κ3) is 5.32. The van der Waals surface area contributed by atoms with Crippen molar-refractivity contribution >= 4 is 40.9 Å². The van der Waals surface area contributed by atoms with Crippen molar-refractivity contribution in [1.29, 1.82) is 0 Å². The fourth-order valence-electron chi connectivity index (χ4n) is 3.17. The van der Waals surface area contributed by atoms with E-state index in [0.29, 0.717) is 23.1 Å². The number of carbonyl (C=O) groups excluding carboxylic acids is 2. The Morgan fingerprint density at radius 1 is 1.06 bits per heavy atom. The predicted octanol–water partition coefficient (Wildman–Crippen LogP) is 3.90. The van der Waals surface area contributed by atoms with Crippen molar-refractivity contribution in [1.82, 2.24) is 15.3 Å². The van der Waals surface area contributed by atoms with Crippen LogP contribution in [0, 0.1) is 0 Å². The van der Waals surface area contributed by atoms with Crippen molar-refractivity contribution < 1.29 is 14.0 Å². The molecule has 3 N–H and O–H groups in total. The van der Waals surface area contributed by atoms with Crippen molar-refractivity contribution in [3.8, 4) is 0 Å². The number of hydrogen-bond donors (Lipinski definition) is 3.